The first-order chi connectivity index (χ1) is 12.9. The highest BCUT2D eigenvalue weighted by Crippen LogP contribution is 2.29. The molecule has 0 bridgehead atoms. The maximum absolute atomic E-state index is 12.5. The van der Waals surface area contributed by atoms with E-state index in [-0.39, 0.29) is 17.0 Å². The Morgan fingerprint density at radius 2 is 1.71 bits per heavy atom. The van der Waals surface area contributed by atoms with Crippen molar-refractivity contribution in [3.63, 3.8) is 0 Å². The third-order valence-electron chi connectivity index (χ3n) is 3.42. The van der Waals surface area contributed by atoms with E-state index in [1.807, 2.05) is 0 Å². The number of carbonyl (C=O) groups excluding carboxylic acids is 2. The van der Waals surface area contributed by atoms with Crippen LogP contribution in [-0.2, 0) is 31.3 Å². The highest BCUT2D eigenvalue weighted by molar-refractivity contribution is 7.89. The summed E-state index contributed by atoms with van der Waals surface area (Å²) in [5.41, 5.74) is -0.273. The Balaban J connectivity index is 1.92. The Labute approximate surface area is 159 Å². The summed E-state index contributed by atoms with van der Waals surface area (Å²) in [6, 6.07) is 9.56. The fourth-order valence-electron chi connectivity index (χ4n) is 2.24. The van der Waals surface area contributed by atoms with Gasteiger partial charge in [-0.2, -0.15) is 13.2 Å². The molecule has 6 nitrogen and oxygen atoms in total. The van der Waals surface area contributed by atoms with Crippen LogP contribution in [0.3, 0.4) is 0 Å². The Hall–Kier alpha value is -2.88. The molecule has 0 saturated carbocycles. The van der Waals surface area contributed by atoms with Crippen molar-refractivity contribution in [1.82, 2.24) is 0 Å². The van der Waals surface area contributed by atoms with Gasteiger partial charge in [-0.25, -0.2) is 13.2 Å². The van der Waals surface area contributed by atoms with Gasteiger partial charge in [0.1, 0.15) is 0 Å². The maximum atomic E-state index is 12.5. The summed E-state index contributed by atoms with van der Waals surface area (Å²) in [5.74, 6) is -1.82. The van der Waals surface area contributed by atoms with Gasteiger partial charge < -0.3 is 10.1 Å². The zero-order valence-electron chi connectivity index (χ0n) is 14.6. The SMILES string of the molecule is CS(=O)(=O)Cc1cccc(C(=O)OCC(=O)Nc2ccc(C(F)(F)F)cc2)c1. The molecule has 0 radical (unpaired) electrons. The molecule has 0 aliphatic carbocycles. The van der Waals surface area contributed by atoms with Crippen molar-refractivity contribution < 1.29 is 35.9 Å². The number of hydrogen-bond acceptors (Lipinski definition) is 5. The fraction of sp³-hybridized carbons (Fsp3) is 0.222. The van der Waals surface area contributed by atoms with E-state index in [0.717, 1.165) is 30.5 Å². The summed E-state index contributed by atoms with van der Waals surface area (Å²) in [7, 11) is -3.28. The largest absolute Gasteiger partial charge is 0.452 e. The number of rotatable bonds is 6. The second-order valence-electron chi connectivity index (χ2n) is 5.97. The summed E-state index contributed by atoms with van der Waals surface area (Å²) < 4.78 is 65.0. The average molecular weight is 415 g/mol. The van der Waals surface area contributed by atoms with Crippen molar-refractivity contribution in [3.8, 4) is 0 Å². The molecular weight excluding hydrogens is 399 g/mol. The van der Waals surface area contributed by atoms with Gasteiger partial charge in [-0.15, -0.1) is 0 Å². The van der Waals surface area contributed by atoms with Crippen molar-refractivity contribution in [2.24, 2.45) is 0 Å². The van der Waals surface area contributed by atoms with E-state index in [2.05, 4.69) is 5.32 Å². The van der Waals surface area contributed by atoms with Crippen molar-refractivity contribution in [2.45, 2.75) is 11.9 Å². The summed E-state index contributed by atoms with van der Waals surface area (Å²) in [6.07, 6.45) is -3.42. The van der Waals surface area contributed by atoms with Crippen LogP contribution in [0, 0.1) is 0 Å². The van der Waals surface area contributed by atoms with E-state index in [1.54, 1.807) is 0 Å². The van der Waals surface area contributed by atoms with Gasteiger partial charge in [-0.3, -0.25) is 4.79 Å². The lowest BCUT2D eigenvalue weighted by Crippen LogP contribution is -2.21. The zero-order valence-corrected chi connectivity index (χ0v) is 15.4. The number of alkyl halides is 3. The van der Waals surface area contributed by atoms with Gasteiger partial charge in [0.05, 0.1) is 16.9 Å². The zero-order chi connectivity index (χ0) is 20.9. The van der Waals surface area contributed by atoms with Crippen LogP contribution in [0.25, 0.3) is 0 Å². The van der Waals surface area contributed by atoms with Gasteiger partial charge in [-0.05, 0) is 42.0 Å². The Morgan fingerprint density at radius 3 is 2.29 bits per heavy atom. The molecule has 2 rings (SSSR count). The van der Waals surface area contributed by atoms with Gasteiger partial charge in [0.15, 0.2) is 16.4 Å². The molecule has 0 aromatic heterocycles. The third kappa shape index (κ3) is 6.69. The monoisotopic (exact) mass is 415 g/mol. The molecule has 2 aromatic carbocycles. The van der Waals surface area contributed by atoms with Gasteiger partial charge in [0.25, 0.3) is 5.91 Å². The number of benzene rings is 2. The summed E-state index contributed by atoms with van der Waals surface area (Å²) in [6.45, 7) is -0.657. The van der Waals surface area contributed by atoms with Crippen LogP contribution in [0.4, 0.5) is 18.9 Å². The molecule has 150 valence electrons. The van der Waals surface area contributed by atoms with Crippen molar-refractivity contribution in [1.29, 1.82) is 0 Å². The lowest BCUT2D eigenvalue weighted by Gasteiger charge is -2.09. The topological polar surface area (TPSA) is 89.5 Å². The standard InChI is InChI=1S/C18H16F3NO5S/c1-28(25,26)11-12-3-2-4-13(9-12)17(24)27-10-16(23)22-15-7-5-14(6-8-15)18(19,20)21/h2-9H,10-11H2,1H3,(H,22,23). The minimum atomic E-state index is -4.48. The highest BCUT2D eigenvalue weighted by atomic mass is 32.2. The van der Waals surface area contributed by atoms with Crippen LogP contribution in [0.5, 0.6) is 0 Å². The predicted molar refractivity (Wildman–Crippen MR) is 95.3 cm³/mol. The first-order valence-electron chi connectivity index (χ1n) is 7.85. The predicted octanol–water partition coefficient (Wildman–Crippen LogP) is 3.05. The van der Waals surface area contributed by atoms with E-state index in [0.29, 0.717) is 5.56 Å². The maximum Gasteiger partial charge on any atom is 0.416 e. The number of hydrogen-bond donors (Lipinski definition) is 1. The van der Waals surface area contributed by atoms with Gasteiger partial charge in [0, 0.05) is 11.9 Å². The summed E-state index contributed by atoms with van der Waals surface area (Å²) >= 11 is 0. The Morgan fingerprint density at radius 1 is 1.07 bits per heavy atom. The molecule has 0 fully saturated rings. The smallest absolute Gasteiger partial charge is 0.416 e. The lowest BCUT2D eigenvalue weighted by molar-refractivity contribution is -0.137. The average Bonchev–Trinajstić information content (AvgIpc) is 2.58. The van der Waals surface area contributed by atoms with E-state index in [9.17, 15) is 31.2 Å². The second-order valence-corrected chi connectivity index (χ2v) is 8.11. The van der Waals surface area contributed by atoms with Crippen LogP contribution in [0.2, 0.25) is 0 Å². The van der Waals surface area contributed by atoms with Crippen LogP contribution in [0.1, 0.15) is 21.5 Å². The molecule has 2 aromatic rings. The fourth-order valence-corrected chi connectivity index (χ4v) is 3.03. The van der Waals surface area contributed by atoms with Gasteiger partial charge >= 0.3 is 12.1 Å². The molecule has 0 saturated heterocycles. The quantitative estimate of drug-likeness (QED) is 0.733. The number of esters is 1. The molecule has 1 N–H and O–H groups in total. The minimum Gasteiger partial charge on any atom is -0.452 e. The highest BCUT2D eigenvalue weighted by Gasteiger charge is 2.30. The van der Waals surface area contributed by atoms with Crippen LogP contribution in [0.15, 0.2) is 48.5 Å². The number of amides is 1. The molecule has 0 spiro atoms. The van der Waals surface area contributed by atoms with Crippen LogP contribution in [-0.4, -0.2) is 33.2 Å². The summed E-state index contributed by atoms with van der Waals surface area (Å²) in [5, 5.41) is 2.31. The molecule has 0 unspecified atom stereocenters. The number of sulfone groups is 1. The van der Waals surface area contributed by atoms with Crippen molar-refractivity contribution >= 4 is 27.4 Å². The van der Waals surface area contributed by atoms with E-state index in [4.69, 9.17) is 4.74 Å². The van der Waals surface area contributed by atoms with E-state index < -0.39 is 40.1 Å². The number of nitrogens with one attached hydrogen (secondary N) is 1. The minimum absolute atomic E-state index is 0.0727. The van der Waals surface area contributed by atoms with Gasteiger partial charge in [0.2, 0.25) is 0 Å². The number of halogens is 3. The first kappa shape index (κ1) is 21.4. The lowest BCUT2D eigenvalue weighted by atomic mass is 10.1. The van der Waals surface area contributed by atoms with Crippen LogP contribution < -0.4 is 5.32 Å². The number of ether oxygens (including phenoxy) is 1. The molecule has 0 aliphatic heterocycles. The van der Waals surface area contributed by atoms with Crippen molar-refractivity contribution in [2.75, 3.05) is 18.2 Å². The molecule has 0 aliphatic rings. The van der Waals surface area contributed by atoms with Crippen molar-refractivity contribution in [3.05, 3.63) is 65.2 Å². The molecule has 0 heterocycles. The second kappa shape index (κ2) is 8.42. The molecular formula is C18H16F3NO5S. The van der Waals surface area contributed by atoms with E-state index in [1.165, 1.54) is 24.3 Å². The molecule has 0 atom stereocenters. The molecule has 28 heavy (non-hydrogen) atoms. The van der Waals surface area contributed by atoms with E-state index >= 15 is 0 Å². The summed E-state index contributed by atoms with van der Waals surface area (Å²) in [4.78, 5) is 23.8. The third-order valence-corrected chi connectivity index (χ3v) is 4.28. The van der Waals surface area contributed by atoms with Gasteiger partial charge in [-0.1, -0.05) is 12.1 Å². The molecule has 1 amide bonds. The Bertz CT molecular complexity index is 969. The molecule has 10 heteroatoms. The first-order valence-corrected chi connectivity index (χ1v) is 9.91. The number of anilines is 1. The van der Waals surface area contributed by atoms with Crippen LogP contribution >= 0.6 is 0 Å². The normalized spacial score (nSPS) is 11.7. The number of carbonyl (C=O) groups is 2. The Kier molecular flexibility index (Phi) is 6.45.